The number of carbonyl (C=O) groups excluding carboxylic acids is 1. The second kappa shape index (κ2) is 8.97. The Morgan fingerprint density at radius 1 is 1.45 bits per heavy atom. The fraction of sp³-hybridized carbons (Fsp3) is 0.533. The van der Waals surface area contributed by atoms with Crippen LogP contribution in [-0.4, -0.2) is 23.7 Å². The molecule has 0 heterocycles. The Bertz CT molecular complexity index is 437. The third-order valence-corrected chi connectivity index (χ3v) is 3.55. The molecule has 1 aromatic carbocycles. The first kappa shape index (κ1) is 17.0. The molecule has 1 rings (SSSR count). The summed E-state index contributed by atoms with van der Waals surface area (Å²) in [5.74, 6) is 0.484. The number of aliphatic hydroxyl groups is 1. The highest BCUT2D eigenvalue weighted by Crippen LogP contribution is 2.27. The second-order valence-electron chi connectivity index (χ2n) is 4.68. The van der Waals surface area contributed by atoms with Crippen molar-refractivity contribution in [1.82, 2.24) is 5.32 Å². The Morgan fingerprint density at radius 3 is 2.80 bits per heavy atom. The number of unbranched alkanes of at least 4 members (excludes halogenated alkanes) is 2. The Kier molecular flexibility index (Phi) is 7.62. The van der Waals surface area contributed by atoms with Gasteiger partial charge in [0.15, 0.2) is 6.10 Å². The van der Waals surface area contributed by atoms with E-state index in [2.05, 4.69) is 28.2 Å². The lowest BCUT2D eigenvalue weighted by molar-refractivity contribution is -0.127. The predicted molar refractivity (Wildman–Crippen MR) is 82.7 cm³/mol. The van der Waals surface area contributed by atoms with Gasteiger partial charge in [-0.25, -0.2) is 0 Å². The average Bonchev–Trinajstić information content (AvgIpc) is 2.45. The van der Waals surface area contributed by atoms with Gasteiger partial charge in [-0.05, 0) is 47.0 Å². The molecule has 20 heavy (non-hydrogen) atoms. The smallest absolute Gasteiger partial charge is 0.260 e. The second-order valence-corrected chi connectivity index (χ2v) is 5.54. The third kappa shape index (κ3) is 5.51. The Morgan fingerprint density at radius 2 is 2.20 bits per heavy atom. The van der Waals surface area contributed by atoms with Crippen molar-refractivity contribution in [3.63, 3.8) is 0 Å². The summed E-state index contributed by atoms with van der Waals surface area (Å²) >= 11 is 3.37. The molecule has 0 radical (unpaired) electrons. The lowest BCUT2D eigenvalue weighted by atomic mass is 10.2. The molecule has 1 unspecified atom stereocenters. The molecule has 5 heteroatoms. The molecule has 4 nitrogen and oxygen atoms in total. The SMILES string of the molecule is CCCCCNC(=O)C(C)Oc1ccc(CO)cc1Br. The topological polar surface area (TPSA) is 58.6 Å². The van der Waals surface area contributed by atoms with E-state index in [0.717, 1.165) is 29.3 Å². The molecule has 1 aromatic rings. The van der Waals surface area contributed by atoms with Gasteiger partial charge in [-0.2, -0.15) is 0 Å². The van der Waals surface area contributed by atoms with Gasteiger partial charge in [-0.1, -0.05) is 25.8 Å². The van der Waals surface area contributed by atoms with Crippen LogP contribution >= 0.6 is 15.9 Å². The Hall–Kier alpha value is -1.07. The van der Waals surface area contributed by atoms with E-state index in [4.69, 9.17) is 9.84 Å². The summed E-state index contributed by atoms with van der Waals surface area (Å²) in [5, 5.41) is 11.9. The summed E-state index contributed by atoms with van der Waals surface area (Å²) in [6.45, 7) is 4.51. The minimum absolute atomic E-state index is 0.0215. The van der Waals surface area contributed by atoms with E-state index >= 15 is 0 Å². The first-order valence-electron chi connectivity index (χ1n) is 6.92. The van der Waals surface area contributed by atoms with E-state index in [1.54, 1.807) is 25.1 Å². The predicted octanol–water partition coefficient (Wildman–Crippen LogP) is 3.02. The molecular weight excluding hydrogens is 322 g/mol. The number of amides is 1. The van der Waals surface area contributed by atoms with E-state index in [-0.39, 0.29) is 12.5 Å². The van der Waals surface area contributed by atoms with Gasteiger partial charge in [0.25, 0.3) is 5.91 Å². The van der Waals surface area contributed by atoms with Crippen molar-refractivity contribution < 1.29 is 14.6 Å². The number of benzene rings is 1. The monoisotopic (exact) mass is 343 g/mol. The molecule has 0 aliphatic heterocycles. The molecular formula is C15H22BrNO3. The summed E-state index contributed by atoms with van der Waals surface area (Å²) in [6.07, 6.45) is 2.69. The first-order valence-corrected chi connectivity index (χ1v) is 7.71. The molecule has 1 amide bonds. The van der Waals surface area contributed by atoms with Crippen molar-refractivity contribution in [3.8, 4) is 5.75 Å². The number of carbonyl (C=O) groups is 1. The molecule has 2 N–H and O–H groups in total. The summed E-state index contributed by atoms with van der Waals surface area (Å²) in [5.41, 5.74) is 0.792. The fourth-order valence-corrected chi connectivity index (χ4v) is 2.23. The van der Waals surface area contributed by atoms with E-state index < -0.39 is 6.10 Å². The number of hydrogen-bond acceptors (Lipinski definition) is 3. The van der Waals surface area contributed by atoms with Gasteiger partial charge in [-0.3, -0.25) is 4.79 Å². The molecule has 0 aliphatic rings. The van der Waals surface area contributed by atoms with Crippen LogP contribution in [0, 0.1) is 0 Å². The maximum atomic E-state index is 11.9. The quantitative estimate of drug-likeness (QED) is 0.713. The zero-order chi connectivity index (χ0) is 15.0. The number of hydrogen-bond donors (Lipinski definition) is 2. The van der Waals surface area contributed by atoms with Gasteiger partial charge in [-0.15, -0.1) is 0 Å². The van der Waals surface area contributed by atoms with Crippen molar-refractivity contribution in [2.24, 2.45) is 0 Å². The fourth-order valence-electron chi connectivity index (χ4n) is 1.71. The number of rotatable bonds is 8. The highest BCUT2D eigenvalue weighted by molar-refractivity contribution is 9.10. The van der Waals surface area contributed by atoms with Crippen LogP contribution in [0.5, 0.6) is 5.75 Å². The number of ether oxygens (including phenoxy) is 1. The van der Waals surface area contributed by atoms with Crippen molar-refractivity contribution in [2.45, 2.75) is 45.8 Å². The van der Waals surface area contributed by atoms with Crippen molar-refractivity contribution in [1.29, 1.82) is 0 Å². The van der Waals surface area contributed by atoms with E-state index in [9.17, 15) is 4.79 Å². The Labute approximate surface area is 128 Å². The Balaban J connectivity index is 2.48. The van der Waals surface area contributed by atoms with Gasteiger partial charge in [0.2, 0.25) is 0 Å². The van der Waals surface area contributed by atoms with E-state index in [1.165, 1.54) is 0 Å². The highest BCUT2D eigenvalue weighted by atomic mass is 79.9. The van der Waals surface area contributed by atoms with Crippen LogP contribution in [0.15, 0.2) is 22.7 Å². The zero-order valence-corrected chi connectivity index (χ0v) is 13.6. The molecule has 0 aliphatic carbocycles. The number of aliphatic hydroxyl groups excluding tert-OH is 1. The lowest BCUT2D eigenvalue weighted by Crippen LogP contribution is -2.36. The minimum atomic E-state index is -0.548. The molecule has 112 valence electrons. The summed E-state index contributed by atoms with van der Waals surface area (Å²) in [6, 6.07) is 5.30. The molecule has 0 bridgehead atoms. The average molecular weight is 344 g/mol. The molecule has 0 saturated heterocycles. The molecule has 0 spiro atoms. The summed E-state index contributed by atoms with van der Waals surface area (Å²) in [7, 11) is 0. The molecule has 1 atom stereocenters. The van der Waals surface area contributed by atoms with Crippen LogP contribution in [0.25, 0.3) is 0 Å². The summed E-state index contributed by atoms with van der Waals surface area (Å²) in [4.78, 5) is 11.9. The van der Waals surface area contributed by atoms with Gasteiger partial charge in [0.05, 0.1) is 11.1 Å². The van der Waals surface area contributed by atoms with Crippen LogP contribution in [0.1, 0.15) is 38.7 Å². The van der Waals surface area contributed by atoms with Gasteiger partial charge < -0.3 is 15.2 Å². The van der Waals surface area contributed by atoms with Crippen LogP contribution in [0.3, 0.4) is 0 Å². The third-order valence-electron chi connectivity index (χ3n) is 2.93. The van der Waals surface area contributed by atoms with Gasteiger partial charge >= 0.3 is 0 Å². The molecule has 0 aromatic heterocycles. The van der Waals surface area contributed by atoms with Crippen molar-refractivity contribution in [2.75, 3.05) is 6.54 Å². The maximum absolute atomic E-state index is 11.9. The van der Waals surface area contributed by atoms with Gasteiger partial charge in [0, 0.05) is 6.54 Å². The first-order chi connectivity index (χ1) is 9.58. The number of nitrogens with one attached hydrogen (secondary N) is 1. The van der Waals surface area contributed by atoms with Crippen LogP contribution in [-0.2, 0) is 11.4 Å². The van der Waals surface area contributed by atoms with Crippen LogP contribution in [0.2, 0.25) is 0 Å². The van der Waals surface area contributed by atoms with E-state index in [1.807, 2.05) is 0 Å². The maximum Gasteiger partial charge on any atom is 0.260 e. The molecule has 0 fully saturated rings. The number of halogens is 1. The minimum Gasteiger partial charge on any atom is -0.480 e. The lowest BCUT2D eigenvalue weighted by Gasteiger charge is -2.16. The van der Waals surface area contributed by atoms with E-state index in [0.29, 0.717) is 12.3 Å². The van der Waals surface area contributed by atoms with Crippen molar-refractivity contribution >= 4 is 21.8 Å². The largest absolute Gasteiger partial charge is 0.480 e. The van der Waals surface area contributed by atoms with Gasteiger partial charge in [0.1, 0.15) is 5.75 Å². The van der Waals surface area contributed by atoms with Crippen molar-refractivity contribution in [3.05, 3.63) is 28.2 Å². The molecule has 0 saturated carbocycles. The normalized spacial score (nSPS) is 12.0. The zero-order valence-electron chi connectivity index (χ0n) is 12.0. The van der Waals surface area contributed by atoms with Crippen LogP contribution < -0.4 is 10.1 Å². The standard InChI is InChI=1S/C15H22BrNO3/c1-3-4-5-8-17-15(19)11(2)20-14-7-6-12(10-18)9-13(14)16/h6-7,9,11,18H,3-5,8,10H2,1-2H3,(H,17,19). The van der Waals surface area contributed by atoms with Crippen LogP contribution in [0.4, 0.5) is 0 Å². The summed E-state index contributed by atoms with van der Waals surface area (Å²) < 4.78 is 6.35. The highest BCUT2D eigenvalue weighted by Gasteiger charge is 2.15.